The second-order valence-electron chi connectivity index (χ2n) is 2.63. The van der Waals surface area contributed by atoms with Crippen molar-refractivity contribution in [3.8, 4) is 11.3 Å². The van der Waals surface area contributed by atoms with E-state index in [-0.39, 0.29) is 0 Å². The molecule has 2 heterocycles. The molecule has 0 saturated heterocycles. The maximum Gasteiger partial charge on any atom is 0.0726 e. The SMILES string of the molecule is Cc1ccc(-c2cnsc2)nc1. The zero-order valence-corrected chi connectivity index (χ0v) is 7.51. The van der Waals surface area contributed by atoms with Gasteiger partial charge in [-0.2, -0.15) is 0 Å². The summed E-state index contributed by atoms with van der Waals surface area (Å²) in [5, 5.41) is 2.00. The summed E-state index contributed by atoms with van der Waals surface area (Å²) in [6.45, 7) is 2.03. The van der Waals surface area contributed by atoms with Gasteiger partial charge in [0.1, 0.15) is 0 Å². The summed E-state index contributed by atoms with van der Waals surface area (Å²) >= 11 is 1.45. The van der Waals surface area contributed by atoms with E-state index in [0.717, 1.165) is 11.3 Å². The minimum Gasteiger partial charge on any atom is -0.256 e. The lowest BCUT2D eigenvalue weighted by Crippen LogP contribution is -1.80. The van der Waals surface area contributed by atoms with Crippen LogP contribution in [0.25, 0.3) is 11.3 Å². The number of rotatable bonds is 1. The van der Waals surface area contributed by atoms with Gasteiger partial charge in [0.15, 0.2) is 0 Å². The van der Waals surface area contributed by atoms with Crippen molar-refractivity contribution in [3.05, 3.63) is 35.5 Å². The summed E-state index contributed by atoms with van der Waals surface area (Å²) in [6, 6.07) is 4.07. The van der Waals surface area contributed by atoms with E-state index in [2.05, 4.69) is 15.4 Å². The maximum atomic E-state index is 4.29. The molecule has 0 saturated carbocycles. The van der Waals surface area contributed by atoms with Crippen molar-refractivity contribution in [1.82, 2.24) is 9.36 Å². The van der Waals surface area contributed by atoms with Crippen molar-refractivity contribution in [3.63, 3.8) is 0 Å². The standard InChI is InChI=1S/C9H8N2S/c1-7-2-3-9(10-4-7)8-5-11-12-6-8/h2-6H,1H3. The van der Waals surface area contributed by atoms with Crippen molar-refractivity contribution < 1.29 is 0 Å². The Hall–Kier alpha value is -1.22. The second-order valence-corrected chi connectivity index (χ2v) is 3.29. The van der Waals surface area contributed by atoms with E-state index in [1.165, 1.54) is 17.1 Å². The highest BCUT2D eigenvalue weighted by Crippen LogP contribution is 2.17. The van der Waals surface area contributed by atoms with Gasteiger partial charge in [-0.25, -0.2) is 4.37 Å². The van der Waals surface area contributed by atoms with Gasteiger partial charge >= 0.3 is 0 Å². The van der Waals surface area contributed by atoms with Crippen LogP contribution in [0.2, 0.25) is 0 Å². The number of pyridine rings is 1. The molecule has 0 N–H and O–H groups in total. The monoisotopic (exact) mass is 176 g/mol. The fraction of sp³-hybridized carbons (Fsp3) is 0.111. The van der Waals surface area contributed by atoms with Gasteiger partial charge in [0.25, 0.3) is 0 Å². The third-order valence-corrected chi connectivity index (χ3v) is 2.23. The molecule has 0 aliphatic heterocycles. The van der Waals surface area contributed by atoms with E-state index in [1.807, 2.05) is 30.8 Å². The van der Waals surface area contributed by atoms with Crippen LogP contribution in [0, 0.1) is 6.92 Å². The zero-order chi connectivity index (χ0) is 8.39. The Bertz CT molecular complexity index is 351. The van der Waals surface area contributed by atoms with E-state index in [0.29, 0.717) is 0 Å². The van der Waals surface area contributed by atoms with Crippen LogP contribution >= 0.6 is 11.5 Å². The van der Waals surface area contributed by atoms with E-state index >= 15 is 0 Å². The number of hydrogen-bond donors (Lipinski definition) is 0. The van der Waals surface area contributed by atoms with Gasteiger partial charge in [-0.05, 0) is 30.1 Å². The first-order valence-corrected chi connectivity index (χ1v) is 4.52. The topological polar surface area (TPSA) is 25.8 Å². The molecule has 0 spiro atoms. The predicted molar refractivity (Wildman–Crippen MR) is 50.1 cm³/mol. The molecule has 0 amide bonds. The Labute approximate surface area is 75.1 Å². The summed E-state index contributed by atoms with van der Waals surface area (Å²) in [7, 11) is 0. The Kier molecular flexibility index (Phi) is 1.87. The Morgan fingerprint density at radius 1 is 1.25 bits per heavy atom. The summed E-state index contributed by atoms with van der Waals surface area (Å²) in [5.41, 5.74) is 3.27. The minimum atomic E-state index is 0.995. The lowest BCUT2D eigenvalue weighted by molar-refractivity contribution is 1.27. The summed E-state index contributed by atoms with van der Waals surface area (Å²) in [4.78, 5) is 4.29. The molecular weight excluding hydrogens is 168 g/mol. The molecule has 12 heavy (non-hydrogen) atoms. The second kappa shape index (κ2) is 3.03. The number of hydrogen-bond acceptors (Lipinski definition) is 3. The molecule has 0 atom stereocenters. The fourth-order valence-corrected chi connectivity index (χ4v) is 1.50. The molecule has 0 bridgehead atoms. The van der Waals surface area contributed by atoms with Gasteiger partial charge in [-0.1, -0.05) is 6.07 Å². The van der Waals surface area contributed by atoms with Crippen LogP contribution in [0.15, 0.2) is 29.9 Å². The average Bonchev–Trinajstić information content (AvgIpc) is 2.58. The molecule has 0 aliphatic carbocycles. The van der Waals surface area contributed by atoms with Crippen molar-refractivity contribution in [1.29, 1.82) is 0 Å². The molecule has 2 nitrogen and oxygen atoms in total. The van der Waals surface area contributed by atoms with Crippen molar-refractivity contribution in [2.75, 3.05) is 0 Å². The van der Waals surface area contributed by atoms with Gasteiger partial charge in [-0.15, -0.1) is 0 Å². The highest BCUT2D eigenvalue weighted by Gasteiger charge is 1.98. The van der Waals surface area contributed by atoms with Crippen molar-refractivity contribution in [2.24, 2.45) is 0 Å². The zero-order valence-electron chi connectivity index (χ0n) is 6.69. The first kappa shape index (κ1) is 7.43. The Balaban J connectivity index is 2.43. The molecule has 0 radical (unpaired) electrons. The van der Waals surface area contributed by atoms with Crippen LogP contribution in [-0.4, -0.2) is 9.36 Å². The molecule has 2 aromatic heterocycles. The third-order valence-electron chi connectivity index (χ3n) is 1.64. The van der Waals surface area contributed by atoms with E-state index < -0.39 is 0 Å². The molecule has 0 aliphatic rings. The van der Waals surface area contributed by atoms with E-state index in [9.17, 15) is 0 Å². The lowest BCUT2D eigenvalue weighted by Gasteiger charge is -1.95. The summed E-state index contributed by atoms with van der Waals surface area (Å²) in [6.07, 6.45) is 3.70. The van der Waals surface area contributed by atoms with Crippen LogP contribution in [0.4, 0.5) is 0 Å². The van der Waals surface area contributed by atoms with Crippen LogP contribution in [-0.2, 0) is 0 Å². The Morgan fingerprint density at radius 2 is 2.17 bits per heavy atom. The minimum absolute atomic E-state index is 0.995. The van der Waals surface area contributed by atoms with Crippen LogP contribution in [0.1, 0.15) is 5.56 Å². The maximum absolute atomic E-state index is 4.29. The largest absolute Gasteiger partial charge is 0.256 e. The molecule has 2 rings (SSSR count). The highest BCUT2D eigenvalue weighted by atomic mass is 32.1. The van der Waals surface area contributed by atoms with Gasteiger partial charge in [-0.3, -0.25) is 4.98 Å². The van der Waals surface area contributed by atoms with E-state index in [4.69, 9.17) is 0 Å². The highest BCUT2D eigenvalue weighted by molar-refractivity contribution is 7.03. The number of nitrogens with zero attached hydrogens (tertiary/aromatic N) is 2. The summed E-state index contributed by atoms with van der Waals surface area (Å²) in [5.74, 6) is 0. The van der Waals surface area contributed by atoms with Gasteiger partial charge in [0, 0.05) is 17.1 Å². The first-order chi connectivity index (χ1) is 5.86. The van der Waals surface area contributed by atoms with Gasteiger partial charge in [0.2, 0.25) is 0 Å². The molecule has 60 valence electrons. The van der Waals surface area contributed by atoms with Crippen molar-refractivity contribution in [2.45, 2.75) is 6.92 Å². The summed E-state index contributed by atoms with van der Waals surface area (Å²) < 4.78 is 4.02. The van der Waals surface area contributed by atoms with E-state index in [1.54, 1.807) is 0 Å². The number of aryl methyl sites for hydroxylation is 1. The average molecular weight is 176 g/mol. The third kappa shape index (κ3) is 1.36. The molecule has 0 unspecified atom stereocenters. The van der Waals surface area contributed by atoms with Crippen LogP contribution in [0.5, 0.6) is 0 Å². The molecule has 3 heteroatoms. The van der Waals surface area contributed by atoms with Gasteiger partial charge in [0.05, 0.1) is 11.9 Å². The quantitative estimate of drug-likeness (QED) is 0.667. The smallest absolute Gasteiger partial charge is 0.0726 e. The molecule has 0 fully saturated rings. The Morgan fingerprint density at radius 3 is 2.75 bits per heavy atom. The lowest BCUT2D eigenvalue weighted by atomic mass is 10.2. The van der Waals surface area contributed by atoms with Gasteiger partial charge < -0.3 is 0 Å². The van der Waals surface area contributed by atoms with Crippen molar-refractivity contribution >= 4 is 11.5 Å². The molecule has 0 aromatic carbocycles. The molecule has 2 aromatic rings. The molecular formula is C9H8N2S. The van der Waals surface area contributed by atoms with Crippen LogP contribution in [0.3, 0.4) is 0 Å². The number of aromatic nitrogens is 2. The predicted octanol–water partition coefficient (Wildman–Crippen LogP) is 2.51. The fourth-order valence-electron chi connectivity index (χ4n) is 0.970. The first-order valence-electron chi connectivity index (χ1n) is 3.68. The normalized spacial score (nSPS) is 10.1. The van der Waals surface area contributed by atoms with Crippen LogP contribution < -0.4 is 0 Å².